The third-order valence-electron chi connectivity index (χ3n) is 2.93. The summed E-state index contributed by atoms with van der Waals surface area (Å²) in [6, 6.07) is 10.7. The summed E-state index contributed by atoms with van der Waals surface area (Å²) in [5, 5.41) is 0. The van der Waals surface area contributed by atoms with E-state index in [4.69, 9.17) is 0 Å². The summed E-state index contributed by atoms with van der Waals surface area (Å²) in [6.07, 6.45) is 1.21. The van der Waals surface area contributed by atoms with E-state index in [1.165, 1.54) is 24.1 Å². The van der Waals surface area contributed by atoms with E-state index in [0.29, 0.717) is 0 Å². The molecule has 14 heavy (non-hydrogen) atoms. The topological polar surface area (TPSA) is 3.24 Å². The number of benzene rings is 1. The van der Waals surface area contributed by atoms with E-state index in [0.717, 1.165) is 6.54 Å². The van der Waals surface area contributed by atoms with Crippen LogP contribution in [-0.2, 0) is 0 Å². The molecule has 1 aromatic carbocycles. The van der Waals surface area contributed by atoms with Crippen LogP contribution in [0.4, 0.5) is 0 Å². The molecule has 0 atom stereocenters. The van der Waals surface area contributed by atoms with Crippen LogP contribution in [0.15, 0.2) is 35.9 Å². The van der Waals surface area contributed by atoms with Crippen molar-refractivity contribution in [3.8, 4) is 0 Å². The van der Waals surface area contributed by atoms with Crippen LogP contribution in [-0.4, -0.2) is 25.0 Å². The Balaban J connectivity index is 2.33. The van der Waals surface area contributed by atoms with Gasteiger partial charge in [-0.05, 0) is 31.5 Å². The zero-order valence-corrected chi connectivity index (χ0v) is 8.96. The van der Waals surface area contributed by atoms with Crippen LogP contribution in [0.25, 0.3) is 5.57 Å². The van der Waals surface area contributed by atoms with Gasteiger partial charge in [0.2, 0.25) is 0 Å². The summed E-state index contributed by atoms with van der Waals surface area (Å²) < 4.78 is 0. The van der Waals surface area contributed by atoms with Crippen molar-refractivity contribution in [3.63, 3.8) is 0 Å². The van der Waals surface area contributed by atoms with Gasteiger partial charge in [0.05, 0.1) is 0 Å². The molecular weight excluding hydrogens is 170 g/mol. The normalized spacial score (nSPS) is 18.7. The van der Waals surface area contributed by atoms with Crippen LogP contribution >= 0.6 is 0 Å². The van der Waals surface area contributed by atoms with Crippen LogP contribution in [0.1, 0.15) is 18.9 Å². The number of hydrogen-bond acceptors (Lipinski definition) is 1. The Kier molecular flexibility index (Phi) is 2.69. The highest BCUT2D eigenvalue weighted by atomic mass is 15.1. The van der Waals surface area contributed by atoms with Crippen molar-refractivity contribution in [2.45, 2.75) is 13.3 Å². The summed E-state index contributed by atoms with van der Waals surface area (Å²) >= 11 is 0. The van der Waals surface area contributed by atoms with Crippen LogP contribution in [0, 0.1) is 0 Å². The fourth-order valence-corrected chi connectivity index (χ4v) is 1.97. The van der Waals surface area contributed by atoms with Gasteiger partial charge in [0.1, 0.15) is 0 Å². The Morgan fingerprint density at radius 3 is 2.57 bits per heavy atom. The first-order valence-electron chi connectivity index (χ1n) is 5.20. The molecule has 74 valence electrons. The maximum Gasteiger partial charge on any atom is 0.0236 e. The van der Waals surface area contributed by atoms with Gasteiger partial charge in [-0.2, -0.15) is 0 Å². The van der Waals surface area contributed by atoms with E-state index >= 15 is 0 Å². The molecule has 0 fully saturated rings. The first-order chi connectivity index (χ1) is 6.77. The average molecular weight is 187 g/mol. The van der Waals surface area contributed by atoms with Crippen molar-refractivity contribution < 1.29 is 0 Å². The standard InChI is InChI=1S/C13H17N/c1-11-8-9-14(2)10-13(11)12-6-4-3-5-7-12/h3-7H,8-10H2,1-2H3. The molecule has 0 spiro atoms. The third-order valence-corrected chi connectivity index (χ3v) is 2.93. The lowest BCUT2D eigenvalue weighted by molar-refractivity contribution is 0.367. The first-order valence-corrected chi connectivity index (χ1v) is 5.20. The molecule has 0 saturated carbocycles. The van der Waals surface area contributed by atoms with Gasteiger partial charge in [0, 0.05) is 13.1 Å². The number of rotatable bonds is 1. The molecule has 2 rings (SSSR count). The Labute approximate surface area is 86.1 Å². The summed E-state index contributed by atoms with van der Waals surface area (Å²) in [6.45, 7) is 4.55. The van der Waals surface area contributed by atoms with Crippen molar-refractivity contribution in [3.05, 3.63) is 41.5 Å². The molecule has 0 bridgehead atoms. The zero-order valence-electron chi connectivity index (χ0n) is 8.96. The maximum atomic E-state index is 2.38. The highest BCUT2D eigenvalue weighted by Gasteiger charge is 2.13. The lowest BCUT2D eigenvalue weighted by Crippen LogP contribution is -2.26. The fraction of sp³-hybridized carbons (Fsp3) is 0.385. The summed E-state index contributed by atoms with van der Waals surface area (Å²) in [7, 11) is 2.19. The van der Waals surface area contributed by atoms with Gasteiger partial charge in [-0.3, -0.25) is 0 Å². The summed E-state index contributed by atoms with van der Waals surface area (Å²) in [5.41, 5.74) is 4.45. The molecule has 0 saturated heterocycles. The van der Waals surface area contributed by atoms with E-state index in [-0.39, 0.29) is 0 Å². The van der Waals surface area contributed by atoms with Crippen LogP contribution < -0.4 is 0 Å². The van der Waals surface area contributed by atoms with E-state index in [1.54, 1.807) is 5.57 Å². The molecule has 0 aliphatic carbocycles. The van der Waals surface area contributed by atoms with Crippen LogP contribution in [0.5, 0.6) is 0 Å². The molecule has 1 nitrogen and oxygen atoms in total. The van der Waals surface area contributed by atoms with Gasteiger partial charge in [0.25, 0.3) is 0 Å². The minimum Gasteiger partial charge on any atom is -0.302 e. The highest BCUT2D eigenvalue weighted by Crippen LogP contribution is 2.25. The average Bonchev–Trinajstić information content (AvgIpc) is 2.23. The molecule has 1 aromatic rings. The van der Waals surface area contributed by atoms with E-state index < -0.39 is 0 Å². The van der Waals surface area contributed by atoms with Crippen molar-refractivity contribution in [1.29, 1.82) is 0 Å². The van der Waals surface area contributed by atoms with Gasteiger partial charge >= 0.3 is 0 Å². The Bertz CT molecular complexity index is 338. The number of hydrogen-bond donors (Lipinski definition) is 0. The quantitative estimate of drug-likeness (QED) is 0.653. The molecule has 0 aromatic heterocycles. The second-order valence-corrected chi connectivity index (χ2v) is 4.11. The van der Waals surface area contributed by atoms with Crippen LogP contribution in [0.2, 0.25) is 0 Å². The minimum absolute atomic E-state index is 1.09. The monoisotopic (exact) mass is 187 g/mol. The zero-order chi connectivity index (χ0) is 9.97. The third kappa shape index (κ3) is 1.88. The van der Waals surface area contributed by atoms with Gasteiger partial charge in [-0.15, -0.1) is 0 Å². The predicted octanol–water partition coefficient (Wildman–Crippen LogP) is 2.80. The fourth-order valence-electron chi connectivity index (χ4n) is 1.97. The summed E-state index contributed by atoms with van der Waals surface area (Å²) in [4.78, 5) is 2.38. The van der Waals surface area contributed by atoms with Crippen molar-refractivity contribution in [1.82, 2.24) is 4.90 Å². The highest BCUT2D eigenvalue weighted by molar-refractivity contribution is 5.70. The maximum absolute atomic E-state index is 2.38. The molecule has 1 aliphatic rings. The molecule has 0 amide bonds. The largest absolute Gasteiger partial charge is 0.302 e. The number of nitrogens with zero attached hydrogens (tertiary/aromatic N) is 1. The smallest absolute Gasteiger partial charge is 0.0236 e. The van der Waals surface area contributed by atoms with Crippen molar-refractivity contribution >= 4 is 5.57 Å². The van der Waals surface area contributed by atoms with Gasteiger partial charge in [-0.1, -0.05) is 35.9 Å². The molecule has 1 aliphatic heterocycles. The second kappa shape index (κ2) is 3.97. The van der Waals surface area contributed by atoms with Crippen molar-refractivity contribution in [2.75, 3.05) is 20.1 Å². The van der Waals surface area contributed by atoms with Gasteiger partial charge in [-0.25, -0.2) is 0 Å². The number of likely N-dealkylation sites (N-methyl/N-ethyl adjacent to an activating group) is 1. The predicted molar refractivity (Wildman–Crippen MR) is 61.2 cm³/mol. The molecule has 1 heteroatoms. The molecule has 1 heterocycles. The van der Waals surface area contributed by atoms with Gasteiger partial charge < -0.3 is 4.90 Å². The molecule has 0 unspecified atom stereocenters. The minimum atomic E-state index is 1.09. The second-order valence-electron chi connectivity index (χ2n) is 4.11. The van der Waals surface area contributed by atoms with Crippen molar-refractivity contribution in [2.24, 2.45) is 0 Å². The lowest BCUT2D eigenvalue weighted by Gasteiger charge is -2.26. The van der Waals surface area contributed by atoms with E-state index in [2.05, 4.69) is 49.2 Å². The molecule has 0 radical (unpaired) electrons. The Morgan fingerprint density at radius 1 is 1.14 bits per heavy atom. The van der Waals surface area contributed by atoms with E-state index in [1.807, 2.05) is 0 Å². The van der Waals surface area contributed by atoms with Crippen LogP contribution in [0.3, 0.4) is 0 Å². The first kappa shape index (κ1) is 9.47. The lowest BCUT2D eigenvalue weighted by atomic mass is 9.95. The van der Waals surface area contributed by atoms with E-state index in [9.17, 15) is 0 Å². The molecule has 0 N–H and O–H groups in total. The molecular formula is C13H17N. The van der Waals surface area contributed by atoms with Gasteiger partial charge in [0.15, 0.2) is 0 Å². The Hall–Kier alpha value is -1.08. The summed E-state index contributed by atoms with van der Waals surface area (Å²) in [5.74, 6) is 0. The SMILES string of the molecule is CC1=C(c2ccccc2)CN(C)CC1. The Morgan fingerprint density at radius 2 is 1.86 bits per heavy atom.